The van der Waals surface area contributed by atoms with Crippen molar-refractivity contribution in [3.8, 4) is 12.3 Å². The summed E-state index contributed by atoms with van der Waals surface area (Å²) < 4.78 is 16.0. The Bertz CT molecular complexity index is 205. The van der Waals surface area contributed by atoms with Gasteiger partial charge in [0, 0.05) is 13.5 Å². The van der Waals surface area contributed by atoms with Gasteiger partial charge in [-0.15, -0.1) is 6.42 Å². The first-order valence-electron chi connectivity index (χ1n) is 4.38. The molecule has 3 nitrogen and oxygen atoms in total. The van der Waals surface area contributed by atoms with Crippen LogP contribution in [0.3, 0.4) is 0 Å². The van der Waals surface area contributed by atoms with Gasteiger partial charge in [0.25, 0.3) is 0 Å². The second-order valence-corrected chi connectivity index (χ2v) is 3.58. The normalized spacial score (nSPS) is 28.3. The first-order chi connectivity index (χ1) is 6.07. The fourth-order valence-corrected chi connectivity index (χ4v) is 1.35. The van der Waals surface area contributed by atoms with Crippen molar-refractivity contribution in [2.75, 3.05) is 13.7 Å². The molecule has 0 aromatic carbocycles. The predicted molar refractivity (Wildman–Crippen MR) is 49.2 cm³/mol. The summed E-state index contributed by atoms with van der Waals surface area (Å²) in [5.41, 5.74) is 0. The Kier molecular flexibility index (Phi) is 3.32. The molecule has 0 spiro atoms. The third kappa shape index (κ3) is 3.00. The summed E-state index contributed by atoms with van der Waals surface area (Å²) in [6, 6.07) is 0. The van der Waals surface area contributed by atoms with Crippen molar-refractivity contribution < 1.29 is 14.2 Å². The van der Waals surface area contributed by atoms with E-state index in [0.29, 0.717) is 13.0 Å². The number of ether oxygens (including phenoxy) is 3. The molecule has 0 amide bonds. The zero-order valence-electron chi connectivity index (χ0n) is 8.37. The Balaban J connectivity index is 2.36. The molecule has 0 bridgehead atoms. The summed E-state index contributed by atoms with van der Waals surface area (Å²) in [6.07, 6.45) is 5.82. The lowest BCUT2D eigenvalue weighted by Crippen LogP contribution is -2.24. The number of hydrogen-bond donors (Lipinski definition) is 0. The highest BCUT2D eigenvalue weighted by Gasteiger charge is 2.33. The first-order valence-corrected chi connectivity index (χ1v) is 4.38. The van der Waals surface area contributed by atoms with E-state index in [-0.39, 0.29) is 12.2 Å². The van der Waals surface area contributed by atoms with Gasteiger partial charge in [-0.05, 0) is 13.8 Å². The van der Waals surface area contributed by atoms with Crippen LogP contribution in [0.1, 0.15) is 20.3 Å². The molecule has 13 heavy (non-hydrogen) atoms. The summed E-state index contributed by atoms with van der Waals surface area (Å²) in [7, 11) is 1.60. The van der Waals surface area contributed by atoms with Crippen LogP contribution in [0.2, 0.25) is 0 Å². The fraction of sp³-hybridized carbons (Fsp3) is 0.800. The molecular weight excluding hydrogens is 168 g/mol. The van der Waals surface area contributed by atoms with E-state index in [0.717, 1.165) is 0 Å². The molecule has 2 atom stereocenters. The maximum atomic E-state index is 5.59. The Morgan fingerprint density at radius 2 is 2.38 bits per heavy atom. The molecule has 0 radical (unpaired) electrons. The molecule has 0 aliphatic carbocycles. The van der Waals surface area contributed by atoms with Crippen LogP contribution in [0.25, 0.3) is 0 Å². The van der Waals surface area contributed by atoms with Crippen LogP contribution in [0.15, 0.2) is 0 Å². The molecule has 1 saturated heterocycles. The lowest BCUT2D eigenvalue weighted by atomic mass is 10.2. The van der Waals surface area contributed by atoms with Gasteiger partial charge in [-0.1, -0.05) is 5.92 Å². The van der Waals surface area contributed by atoms with Crippen molar-refractivity contribution in [1.82, 2.24) is 0 Å². The van der Waals surface area contributed by atoms with E-state index in [2.05, 4.69) is 5.92 Å². The molecule has 1 aliphatic heterocycles. The van der Waals surface area contributed by atoms with Gasteiger partial charge in [0.15, 0.2) is 5.79 Å². The number of rotatable bonds is 3. The smallest absolute Gasteiger partial charge is 0.163 e. The van der Waals surface area contributed by atoms with Gasteiger partial charge in [-0.3, -0.25) is 0 Å². The molecule has 0 aromatic rings. The van der Waals surface area contributed by atoms with Crippen molar-refractivity contribution in [3.63, 3.8) is 0 Å². The zero-order valence-corrected chi connectivity index (χ0v) is 8.37. The van der Waals surface area contributed by atoms with Crippen LogP contribution < -0.4 is 0 Å². The van der Waals surface area contributed by atoms with E-state index in [1.165, 1.54) is 0 Å². The first kappa shape index (κ1) is 10.5. The monoisotopic (exact) mass is 184 g/mol. The molecule has 74 valence electrons. The fourth-order valence-electron chi connectivity index (χ4n) is 1.35. The van der Waals surface area contributed by atoms with Crippen LogP contribution in [0, 0.1) is 12.3 Å². The van der Waals surface area contributed by atoms with E-state index < -0.39 is 5.79 Å². The minimum absolute atomic E-state index is 0.0519. The Labute approximate surface area is 79.4 Å². The topological polar surface area (TPSA) is 27.7 Å². The zero-order chi connectivity index (χ0) is 9.90. The van der Waals surface area contributed by atoms with Gasteiger partial charge < -0.3 is 14.2 Å². The lowest BCUT2D eigenvalue weighted by molar-refractivity contribution is -0.141. The third-order valence-corrected chi connectivity index (χ3v) is 2.01. The maximum Gasteiger partial charge on any atom is 0.163 e. The summed E-state index contributed by atoms with van der Waals surface area (Å²) in [6.45, 7) is 4.38. The van der Waals surface area contributed by atoms with E-state index in [4.69, 9.17) is 20.6 Å². The number of terminal acetylenes is 1. The van der Waals surface area contributed by atoms with Crippen LogP contribution >= 0.6 is 0 Å². The average Bonchev–Trinajstić information content (AvgIpc) is 2.41. The van der Waals surface area contributed by atoms with Crippen molar-refractivity contribution in [2.45, 2.75) is 38.3 Å². The van der Waals surface area contributed by atoms with Gasteiger partial charge in [-0.25, -0.2) is 0 Å². The van der Waals surface area contributed by atoms with Gasteiger partial charge in [-0.2, -0.15) is 0 Å². The summed E-state index contributed by atoms with van der Waals surface area (Å²) >= 11 is 0. The second kappa shape index (κ2) is 4.10. The van der Waals surface area contributed by atoms with Crippen LogP contribution in [0.5, 0.6) is 0 Å². The molecule has 0 N–H and O–H groups in total. The van der Waals surface area contributed by atoms with Gasteiger partial charge in [0.1, 0.15) is 6.10 Å². The molecule has 1 fully saturated rings. The Morgan fingerprint density at radius 3 is 2.77 bits per heavy atom. The lowest BCUT2D eigenvalue weighted by Gasteiger charge is -2.18. The van der Waals surface area contributed by atoms with Crippen molar-refractivity contribution in [3.05, 3.63) is 0 Å². The molecule has 1 rings (SSSR count). The molecule has 0 aromatic heterocycles. The molecular formula is C10H16O3. The van der Waals surface area contributed by atoms with E-state index in [1.807, 2.05) is 13.8 Å². The largest absolute Gasteiger partial charge is 0.369 e. The van der Waals surface area contributed by atoms with Gasteiger partial charge in [0.2, 0.25) is 0 Å². The molecule has 0 saturated carbocycles. The SMILES string of the molecule is C#CC(C[C@@H]1COC(C)(C)O1)OC. The summed E-state index contributed by atoms with van der Waals surface area (Å²) in [4.78, 5) is 0. The number of hydrogen-bond acceptors (Lipinski definition) is 3. The quantitative estimate of drug-likeness (QED) is 0.616. The molecule has 1 heterocycles. The predicted octanol–water partition coefficient (Wildman–Crippen LogP) is 1.18. The Morgan fingerprint density at radius 1 is 1.69 bits per heavy atom. The number of methoxy groups -OCH3 is 1. The van der Waals surface area contributed by atoms with Gasteiger partial charge in [0.05, 0.1) is 12.7 Å². The van der Waals surface area contributed by atoms with E-state index >= 15 is 0 Å². The highest BCUT2D eigenvalue weighted by Crippen LogP contribution is 2.25. The van der Waals surface area contributed by atoms with Crippen LogP contribution in [-0.2, 0) is 14.2 Å². The summed E-state index contributed by atoms with van der Waals surface area (Å²) in [5.74, 6) is 2.07. The average molecular weight is 184 g/mol. The molecule has 1 aliphatic rings. The maximum absolute atomic E-state index is 5.59. The minimum atomic E-state index is -0.475. The van der Waals surface area contributed by atoms with Crippen molar-refractivity contribution in [2.24, 2.45) is 0 Å². The third-order valence-electron chi connectivity index (χ3n) is 2.01. The second-order valence-electron chi connectivity index (χ2n) is 3.58. The van der Waals surface area contributed by atoms with E-state index in [9.17, 15) is 0 Å². The summed E-state index contributed by atoms with van der Waals surface area (Å²) in [5, 5.41) is 0. The minimum Gasteiger partial charge on any atom is -0.369 e. The van der Waals surface area contributed by atoms with Crippen molar-refractivity contribution in [1.29, 1.82) is 0 Å². The van der Waals surface area contributed by atoms with Gasteiger partial charge >= 0.3 is 0 Å². The highest BCUT2D eigenvalue weighted by atomic mass is 16.7. The molecule has 3 heteroatoms. The van der Waals surface area contributed by atoms with E-state index in [1.54, 1.807) is 7.11 Å². The van der Waals surface area contributed by atoms with Crippen molar-refractivity contribution >= 4 is 0 Å². The Hall–Kier alpha value is -0.560. The highest BCUT2D eigenvalue weighted by molar-refractivity contribution is 4.96. The van der Waals surface area contributed by atoms with Crippen LogP contribution in [-0.4, -0.2) is 31.7 Å². The standard InChI is InChI=1S/C10H16O3/c1-5-8(11-4)6-9-7-12-10(2,3)13-9/h1,8-9H,6-7H2,2-4H3/t8?,9-/m1/s1. The van der Waals surface area contributed by atoms with Crippen LogP contribution in [0.4, 0.5) is 0 Å². The molecule has 1 unspecified atom stereocenters.